The number of Topliss-reactive ketones (excluding diaryl/α,β-unsaturated/α-hetero) is 1. The smallest absolute Gasteiger partial charge is 0.182 e. The quantitative estimate of drug-likeness (QED) is 0.522. The molecule has 0 spiro atoms. The van der Waals surface area contributed by atoms with Crippen LogP contribution in [0.2, 0.25) is 0 Å². The predicted molar refractivity (Wildman–Crippen MR) is 124 cm³/mol. The van der Waals surface area contributed by atoms with Gasteiger partial charge in [0.1, 0.15) is 5.71 Å². The molecule has 1 aromatic heterocycles. The summed E-state index contributed by atoms with van der Waals surface area (Å²) in [6.45, 7) is 6.26. The summed E-state index contributed by atoms with van der Waals surface area (Å²) in [7, 11) is 0. The molecule has 7 nitrogen and oxygen atoms in total. The zero-order valence-corrected chi connectivity index (χ0v) is 18.5. The summed E-state index contributed by atoms with van der Waals surface area (Å²) in [5.41, 5.74) is 4.53. The maximum Gasteiger partial charge on any atom is 0.182 e. The number of hydrogen-bond acceptors (Lipinski definition) is 7. The summed E-state index contributed by atoms with van der Waals surface area (Å²) in [5.74, 6) is 0.547. The lowest BCUT2D eigenvalue weighted by Crippen LogP contribution is -2.27. The third kappa shape index (κ3) is 5.60. The molecule has 0 amide bonds. The van der Waals surface area contributed by atoms with Crippen molar-refractivity contribution in [1.82, 2.24) is 10.3 Å². The van der Waals surface area contributed by atoms with Crippen molar-refractivity contribution in [2.45, 2.75) is 64.8 Å². The molecule has 1 aliphatic carbocycles. The first-order valence-corrected chi connectivity index (χ1v) is 11.0. The van der Waals surface area contributed by atoms with Crippen LogP contribution in [0.3, 0.4) is 0 Å². The van der Waals surface area contributed by atoms with E-state index in [1.807, 2.05) is 20.0 Å². The minimum Gasteiger partial charge on any atom is -0.382 e. The predicted octanol–water partition coefficient (Wildman–Crippen LogP) is 4.93. The molecule has 1 saturated carbocycles. The molecule has 2 aliphatic rings. The number of nitrogens with one attached hydrogen (secondary N) is 2. The van der Waals surface area contributed by atoms with Crippen molar-refractivity contribution < 1.29 is 4.79 Å². The Labute approximate surface area is 183 Å². The van der Waals surface area contributed by atoms with Gasteiger partial charge in [-0.25, -0.2) is 0 Å². The van der Waals surface area contributed by atoms with Crippen molar-refractivity contribution in [2.24, 2.45) is 16.1 Å². The van der Waals surface area contributed by atoms with Gasteiger partial charge in [-0.15, -0.1) is 0 Å². The van der Waals surface area contributed by atoms with Crippen LogP contribution in [0, 0.1) is 23.2 Å². The number of carbonyl (C=O) groups is 1. The van der Waals surface area contributed by atoms with Gasteiger partial charge in [0.25, 0.3) is 0 Å². The highest BCUT2D eigenvalue weighted by molar-refractivity contribution is 6.53. The van der Waals surface area contributed by atoms with Crippen molar-refractivity contribution in [3.05, 3.63) is 58.0 Å². The van der Waals surface area contributed by atoms with Crippen LogP contribution in [0.25, 0.3) is 0 Å². The Bertz CT molecular complexity index is 943. The van der Waals surface area contributed by atoms with Crippen molar-refractivity contribution >= 4 is 17.2 Å². The van der Waals surface area contributed by atoms with E-state index in [-0.39, 0.29) is 42.1 Å². The number of allylic oxidation sites excluding steroid dienone is 2. The Morgan fingerprint density at radius 1 is 1.39 bits per heavy atom. The van der Waals surface area contributed by atoms with E-state index in [9.17, 15) is 9.70 Å². The zero-order chi connectivity index (χ0) is 22.4. The fraction of sp³-hybridized carbons (Fsp3) is 0.500. The van der Waals surface area contributed by atoms with Gasteiger partial charge in [0.2, 0.25) is 0 Å². The normalized spacial score (nSPS) is 19.5. The molecule has 164 valence electrons. The SMILES string of the molecule is Cc1cc(C(C)N/C=C2\C(=N)C=CN=C2C(=O)CC(C)CCN=O)ncc1C1CCC1. The Morgan fingerprint density at radius 3 is 2.81 bits per heavy atom. The highest BCUT2D eigenvalue weighted by Crippen LogP contribution is 2.37. The van der Waals surface area contributed by atoms with E-state index in [4.69, 9.17) is 5.41 Å². The lowest BCUT2D eigenvalue weighted by molar-refractivity contribution is -0.113. The van der Waals surface area contributed by atoms with Gasteiger partial charge in [0.15, 0.2) is 5.78 Å². The van der Waals surface area contributed by atoms with E-state index < -0.39 is 0 Å². The van der Waals surface area contributed by atoms with Crippen LogP contribution in [0.1, 0.15) is 74.7 Å². The molecule has 0 saturated heterocycles. The molecule has 2 atom stereocenters. The lowest BCUT2D eigenvalue weighted by atomic mass is 9.79. The van der Waals surface area contributed by atoms with Crippen LogP contribution in [-0.4, -0.2) is 28.7 Å². The number of nitroso groups, excluding NO2 is 1. The molecule has 3 rings (SSSR count). The number of aryl methyl sites for hydroxylation is 1. The fourth-order valence-electron chi connectivity index (χ4n) is 3.90. The average Bonchev–Trinajstić information content (AvgIpc) is 2.71. The summed E-state index contributed by atoms with van der Waals surface area (Å²) < 4.78 is 0. The van der Waals surface area contributed by atoms with Crippen LogP contribution in [0.5, 0.6) is 0 Å². The van der Waals surface area contributed by atoms with Gasteiger partial charge in [-0.1, -0.05) is 18.5 Å². The first-order valence-electron chi connectivity index (χ1n) is 11.0. The fourth-order valence-corrected chi connectivity index (χ4v) is 3.90. The Hall–Kier alpha value is -2.96. The van der Waals surface area contributed by atoms with Gasteiger partial charge < -0.3 is 10.7 Å². The highest BCUT2D eigenvalue weighted by atomic mass is 16.3. The average molecular weight is 422 g/mol. The van der Waals surface area contributed by atoms with Gasteiger partial charge in [0, 0.05) is 30.6 Å². The molecule has 2 heterocycles. The largest absolute Gasteiger partial charge is 0.382 e. The van der Waals surface area contributed by atoms with Gasteiger partial charge in [-0.05, 0) is 68.2 Å². The first kappa shape index (κ1) is 22.7. The number of nitrogens with zero attached hydrogens (tertiary/aromatic N) is 3. The second kappa shape index (κ2) is 10.4. The van der Waals surface area contributed by atoms with Crippen LogP contribution in [-0.2, 0) is 4.79 Å². The van der Waals surface area contributed by atoms with Crippen molar-refractivity contribution in [3.8, 4) is 0 Å². The second-order valence-electron chi connectivity index (χ2n) is 8.62. The van der Waals surface area contributed by atoms with E-state index in [2.05, 4.69) is 33.5 Å². The van der Waals surface area contributed by atoms with Crippen LogP contribution in [0.4, 0.5) is 0 Å². The number of ketones is 1. The Morgan fingerprint density at radius 2 is 2.16 bits per heavy atom. The summed E-state index contributed by atoms with van der Waals surface area (Å²) in [6.07, 6.45) is 11.4. The maximum absolute atomic E-state index is 12.8. The van der Waals surface area contributed by atoms with Gasteiger partial charge in [-0.3, -0.25) is 14.8 Å². The molecule has 1 aliphatic heterocycles. The van der Waals surface area contributed by atoms with Gasteiger partial charge in [0.05, 0.1) is 24.0 Å². The molecule has 7 heteroatoms. The number of rotatable bonds is 10. The molecular weight excluding hydrogens is 390 g/mol. The summed E-state index contributed by atoms with van der Waals surface area (Å²) in [6, 6.07) is 2.05. The van der Waals surface area contributed by atoms with Crippen LogP contribution >= 0.6 is 0 Å². The number of carbonyl (C=O) groups excluding carboxylic acids is 1. The summed E-state index contributed by atoms with van der Waals surface area (Å²) in [4.78, 5) is 32.0. The second-order valence-corrected chi connectivity index (χ2v) is 8.62. The number of hydrogen-bond donors (Lipinski definition) is 2. The molecule has 31 heavy (non-hydrogen) atoms. The van der Waals surface area contributed by atoms with Crippen molar-refractivity contribution in [2.75, 3.05) is 6.54 Å². The minimum atomic E-state index is -0.132. The minimum absolute atomic E-state index is 0.0301. The molecular formula is C24H31N5O2. The third-order valence-electron chi connectivity index (χ3n) is 6.14. The summed E-state index contributed by atoms with van der Waals surface area (Å²) in [5, 5.41) is 14.4. The Balaban J connectivity index is 1.69. The molecule has 0 bridgehead atoms. The van der Waals surface area contributed by atoms with Crippen LogP contribution < -0.4 is 5.32 Å². The molecule has 0 aromatic carbocycles. The van der Waals surface area contributed by atoms with E-state index in [1.54, 1.807) is 12.3 Å². The van der Waals surface area contributed by atoms with Crippen molar-refractivity contribution in [3.63, 3.8) is 0 Å². The number of aliphatic imine (C=N–C) groups is 1. The molecule has 1 fully saturated rings. The monoisotopic (exact) mass is 421 g/mol. The first-order chi connectivity index (χ1) is 14.9. The molecule has 0 radical (unpaired) electrons. The number of pyridine rings is 1. The zero-order valence-electron chi connectivity index (χ0n) is 18.5. The van der Waals surface area contributed by atoms with Crippen LogP contribution in [0.15, 0.2) is 46.5 Å². The van der Waals surface area contributed by atoms with E-state index in [0.29, 0.717) is 17.9 Å². The Kier molecular flexibility index (Phi) is 7.60. The standard InChI is InChI=1S/C24H31N5O2/c1-15(7-10-29-31)11-23(30)24-20(21(25)8-9-26-24)14-27-17(3)22-12-16(2)19(13-28-22)18-5-4-6-18/h8-9,12-15,17-18,25,27H,4-7,10-11H2,1-3H3/b20-14+,25-21?. The third-order valence-corrected chi connectivity index (χ3v) is 6.14. The van der Waals surface area contributed by atoms with Crippen molar-refractivity contribution in [1.29, 1.82) is 5.41 Å². The van der Waals surface area contributed by atoms with E-state index in [1.165, 1.54) is 36.6 Å². The number of aromatic nitrogens is 1. The van der Waals surface area contributed by atoms with E-state index >= 15 is 0 Å². The summed E-state index contributed by atoms with van der Waals surface area (Å²) >= 11 is 0. The lowest BCUT2D eigenvalue weighted by Gasteiger charge is -2.27. The maximum atomic E-state index is 12.8. The highest BCUT2D eigenvalue weighted by Gasteiger charge is 2.24. The topological polar surface area (TPSA) is 108 Å². The molecule has 1 aromatic rings. The molecule has 2 N–H and O–H groups in total. The van der Waals surface area contributed by atoms with Gasteiger partial charge in [-0.2, -0.15) is 4.91 Å². The molecule has 2 unspecified atom stereocenters. The van der Waals surface area contributed by atoms with E-state index in [0.717, 1.165) is 5.69 Å². The van der Waals surface area contributed by atoms with Gasteiger partial charge >= 0.3 is 0 Å².